The van der Waals surface area contributed by atoms with Gasteiger partial charge in [-0.3, -0.25) is 29.3 Å². The molecule has 1 aromatic carbocycles. The molecule has 0 bridgehead atoms. The van der Waals surface area contributed by atoms with Crippen molar-refractivity contribution in [2.24, 2.45) is 0 Å². The number of benzene rings is 1. The van der Waals surface area contributed by atoms with Crippen molar-refractivity contribution < 1.29 is 41.5 Å². The lowest BCUT2D eigenvalue weighted by molar-refractivity contribution is -0.149. The number of nitrogens with zero attached hydrogens (tertiary/aromatic N) is 4. The van der Waals surface area contributed by atoms with E-state index >= 15 is 4.39 Å². The molecule has 1 aromatic heterocycles. The Labute approximate surface area is 229 Å². The van der Waals surface area contributed by atoms with Crippen LogP contribution in [0.2, 0.25) is 5.02 Å². The van der Waals surface area contributed by atoms with Gasteiger partial charge in [-0.25, -0.2) is 9.18 Å². The number of alkyl halides is 3. The molecule has 5 rings (SSSR count). The Morgan fingerprint density at radius 1 is 1.20 bits per heavy atom. The van der Waals surface area contributed by atoms with E-state index in [0.29, 0.717) is 11.4 Å². The van der Waals surface area contributed by atoms with Gasteiger partial charge in [-0.05, 0) is 18.6 Å². The third kappa shape index (κ3) is 5.75. The zero-order valence-corrected chi connectivity index (χ0v) is 21.6. The van der Waals surface area contributed by atoms with Crippen LogP contribution in [-0.2, 0) is 47.1 Å². The van der Waals surface area contributed by atoms with Gasteiger partial charge in [0.25, 0.3) is 5.91 Å². The Morgan fingerprint density at radius 2 is 1.98 bits per heavy atom. The van der Waals surface area contributed by atoms with E-state index in [9.17, 15) is 32.3 Å². The minimum atomic E-state index is -4.31. The van der Waals surface area contributed by atoms with Crippen molar-refractivity contribution in [3.8, 4) is 0 Å². The summed E-state index contributed by atoms with van der Waals surface area (Å²) in [6, 6.07) is 1.88. The molecule has 3 aliphatic heterocycles. The smallest absolute Gasteiger partial charge is 0.407 e. The second-order valence-electron chi connectivity index (χ2n) is 9.69. The molecule has 4 heterocycles. The first-order valence-electron chi connectivity index (χ1n) is 12.3. The van der Waals surface area contributed by atoms with Crippen LogP contribution in [0.5, 0.6) is 0 Å². The molecule has 16 heteroatoms. The molecule has 0 saturated carbocycles. The highest BCUT2D eigenvalue weighted by Gasteiger charge is 2.42. The van der Waals surface area contributed by atoms with E-state index in [1.54, 1.807) is 10.7 Å². The minimum absolute atomic E-state index is 0.0437. The SMILES string of the molecule is O=C1CCC(N2Cc3c(Cl)cc(CNC(=O)OCc4cc5n(n4)CCN(CC(F)(F)F)C5)c(F)c3C2=O)C(=O)N1. The number of halogens is 5. The van der Waals surface area contributed by atoms with E-state index in [-0.39, 0.29) is 73.9 Å². The lowest BCUT2D eigenvalue weighted by Crippen LogP contribution is -2.52. The van der Waals surface area contributed by atoms with E-state index < -0.39 is 48.4 Å². The van der Waals surface area contributed by atoms with Gasteiger partial charge in [0.15, 0.2) is 0 Å². The second-order valence-corrected chi connectivity index (χ2v) is 10.1. The van der Waals surface area contributed by atoms with Crippen molar-refractivity contribution >= 4 is 35.4 Å². The molecule has 0 spiro atoms. The van der Waals surface area contributed by atoms with Gasteiger partial charge in [-0.1, -0.05) is 11.6 Å². The van der Waals surface area contributed by atoms with Gasteiger partial charge >= 0.3 is 12.3 Å². The standard InChI is InChI=1S/C24H23ClF4N6O5/c25-16-5-12(20(26)19-15(16)9-34(22(19)38)17-1-2-18(36)31-21(17)37)7-30-23(39)40-10-13-6-14-8-33(11-24(27,28)29)3-4-35(14)32-13/h5-6,17H,1-4,7-11H2,(H,30,39)(H,31,36,37). The molecule has 3 aliphatic rings. The summed E-state index contributed by atoms with van der Waals surface area (Å²) in [6.45, 7) is -1.28. The van der Waals surface area contributed by atoms with Crippen molar-refractivity contribution in [2.75, 3.05) is 13.1 Å². The molecular weight excluding hydrogens is 564 g/mol. The summed E-state index contributed by atoms with van der Waals surface area (Å²) < 4.78 is 60.0. The van der Waals surface area contributed by atoms with Crippen LogP contribution in [0.4, 0.5) is 22.4 Å². The average molecular weight is 587 g/mol. The Bertz CT molecular complexity index is 1400. The number of hydrogen-bond donors (Lipinski definition) is 2. The summed E-state index contributed by atoms with van der Waals surface area (Å²) in [5.74, 6) is -2.73. The fourth-order valence-corrected chi connectivity index (χ4v) is 5.32. The summed E-state index contributed by atoms with van der Waals surface area (Å²) in [4.78, 5) is 51.3. The number of piperidine rings is 1. The Morgan fingerprint density at radius 3 is 2.70 bits per heavy atom. The fourth-order valence-electron chi connectivity index (χ4n) is 5.04. The number of fused-ring (bicyclic) bond motifs is 2. The number of carbonyl (C=O) groups is 4. The lowest BCUT2D eigenvalue weighted by Gasteiger charge is -2.29. The van der Waals surface area contributed by atoms with Crippen LogP contribution in [0.1, 0.15) is 45.7 Å². The van der Waals surface area contributed by atoms with E-state index in [1.807, 2.05) is 0 Å². The van der Waals surface area contributed by atoms with Crippen molar-refractivity contribution in [3.63, 3.8) is 0 Å². The third-order valence-corrected chi connectivity index (χ3v) is 7.22. The number of alkyl carbamates (subject to hydrolysis) is 1. The van der Waals surface area contributed by atoms with Crippen LogP contribution >= 0.6 is 11.6 Å². The van der Waals surface area contributed by atoms with Crippen molar-refractivity contribution in [1.82, 2.24) is 30.2 Å². The van der Waals surface area contributed by atoms with E-state index in [2.05, 4.69) is 15.7 Å². The molecule has 1 fully saturated rings. The normalized spacial score (nSPS) is 19.4. The zero-order valence-electron chi connectivity index (χ0n) is 20.8. The highest BCUT2D eigenvalue weighted by molar-refractivity contribution is 6.32. The molecule has 2 N–H and O–H groups in total. The Hall–Kier alpha value is -3.72. The van der Waals surface area contributed by atoms with Gasteiger partial charge in [0.05, 0.1) is 24.3 Å². The van der Waals surface area contributed by atoms with Crippen LogP contribution in [-0.4, -0.2) is 68.7 Å². The summed E-state index contributed by atoms with van der Waals surface area (Å²) in [6.07, 6.45) is -5.08. The summed E-state index contributed by atoms with van der Waals surface area (Å²) in [7, 11) is 0. The monoisotopic (exact) mass is 586 g/mol. The summed E-state index contributed by atoms with van der Waals surface area (Å²) >= 11 is 6.31. The fraction of sp³-hybridized carbons (Fsp3) is 0.458. The van der Waals surface area contributed by atoms with Crippen LogP contribution in [0.25, 0.3) is 0 Å². The molecule has 0 radical (unpaired) electrons. The third-order valence-electron chi connectivity index (χ3n) is 6.89. The number of ether oxygens (including phenoxy) is 1. The maximum absolute atomic E-state index is 15.3. The molecule has 2 aromatic rings. The molecule has 40 heavy (non-hydrogen) atoms. The van der Waals surface area contributed by atoms with E-state index in [1.165, 1.54) is 15.9 Å². The number of rotatable bonds is 6. The van der Waals surface area contributed by atoms with E-state index in [0.717, 1.165) is 0 Å². The van der Waals surface area contributed by atoms with Crippen LogP contribution in [0, 0.1) is 5.82 Å². The summed E-state index contributed by atoms with van der Waals surface area (Å²) in [5, 5.41) is 8.85. The maximum atomic E-state index is 15.3. The van der Waals surface area contributed by atoms with E-state index in [4.69, 9.17) is 16.3 Å². The van der Waals surface area contributed by atoms with Crippen molar-refractivity contribution in [1.29, 1.82) is 0 Å². The molecule has 1 atom stereocenters. The van der Waals surface area contributed by atoms with Crippen LogP contribution in [0.3, 0.4) is 0 Å². The number of amides is 4. The first-order chi connectivity index (χ1) is 18.9. The maximum Gasteiger partial charge on any atom is 0.407 e. The van der Waals surface area contributed by atoms with Gasteiger partial charge in [-0.15, -0.1) is 0 Å². The van der Waals surface area contributed by atoms with Crippen molar-refractivity contribution in [3.05, 3.63) is 51.1 Å². The first kappa shape index (κ1) is 27.8. The average Bonchev–Trinajstić information content (AvgIpc) is 3.44. The number of carbonyl (C=O) groups excluding carboxylic acids is 4. The Balaban J connectivity index is 1.18. The zero-order chi connectivity index (χ0) is 28.8. The predicted octanol–water partition coefficient (Wildman–Crippen LogP) is 2.24. The van der Waals surface area contributed by atoms with Crippen molar-refractivity contribution in [2.45, 2.75) is 57.8 Å². The molecule has 1 saturated heterocycles. The topological polar surface area (TPSA) is 126 Å². The first-order valence-corrected chi connectivity index (χ1v) is 12.7. The van der Waals surface area contributed by atoms with Gasteiger partial charge in [0.1, 0.15) is 24.2 Å². The van der Waals surface area contributed by atoms with Gasteiger partial charge in [0, 0.05) is 48.7 Å². The highest BCUT2D eigenvalue weighted by Crippen LogP contribution is 2.35. The van der Waals surface area contributed by atoms with Gasteiger partial charge in [-0.2, -0.15) is 18.3 Å². The van der Waals surface area contributed by atoms with Gasteiger partial charge in [0.2, 0.25) is 11.8 Å². The number of aromatic nitrogens is 2. The highest BCUT2D eigenvalue weighted by atomic mass is 35.5. The van der Waals surface area contributed by atoms with Crippen LogP contribution in [0.15, 0.2) is 12.1 Å². The molecule has 4 amide bonds. The Kier molecular flexibility index (Phi) is 7.44. The number of hydrogen-bond acceptors (Lipinski definition) is 7. The lowest BCUT2D eigenvalue weighted by atomic mass is 10.0. The summed E-state index contributed by atoms with van der Waals surface area (Å²) in [5.41, 5.74) is 0.718. The quantitative estimate of drug-likeness (QED) is 0.393. The number of nitrogens with one attached hydrogen (secondary N) is 2. The molecular formula is C24H23ClF4N6O5. The largest absolute Gasteiger partial charge is 0.443 e. The van der Waals surface area contributed by atoms with Crippen LogP contribution < -0.4 is 10.6 Å². The minimum Gasteiger partial charge on any atom is -0.443 e. The second kappa shape index (κ2) is 10.7. The number of imide groups is 1. The molecule has 11 nitrogen and oxygen atoms in total. The predicted molar refractivity (Wildman–Crippen MR) is 128 cm³/mol. The molecule has 1 unspecified atom stereocenters. The molecule has 214 valence electrons. The van der Waals surface area contributed by atoms with Gasteiger partial charge < -0.3 is 15.0 Å². The molecule has 0 aliphatic carbocycles.